The highest BCUT2D eigenvalue weighted by atomic mass is 32.2. The fourth-order valence-electron chi connectivity index (χ4n) is 1.28. The van der Waals surface area contributed by atoms with E-state index in [9.17, 15) is 4.79 Å². The second-order valence-electron chi connectivity index (χ2n) is 3.48. The van der Waals surface area contributed by atoms with Crippen LogP contribution < -0.4 is 0 Å². The Morgan fingerprint density at radius 1 is 1.41 bits per heavy atom. The molecule has 0 spiro atoms. The van der Waals surface area contributed by atoms with Gasteiger partial charge in [-0.15, -0.1) is 22.0 Å². The van der Waals surface area contributed by atoms with Crippen molar-refractivity contribution in [3.8, 4) is 0 Å². The van der Waals surface area contributed by atoms with Gasteiger partial charge in [0, 0.05) is 11.9 Å². The molecule has 88 valence electrons. The van der Waals surface area contributed by atoms with Gasteiger partial charge in [-0.2, -0.15) is 0 Å². The summed E-state index contributed by atoms with van der Waals surface area (Å²) in [5, 5.41) is 16.5. The second kappa shape index (κ2) is 5.01. The van der Waals surface area contributed by atoms with E-state index in [4.69, 9.17) is 5.11 Å². The molecule has 5 nitrogen and oxygen atoms in total. The first-order chi connectivity index (χ1) is 8.16. The highest BCUT2D eigenvalue weighted by Crippen LogP contribution is 2.21. The van der Waals surface area contributed by atoms with E-state index >= 15 is 0 Å². The van der Waals surface area contributed by atoms with E-state index in [2.05, 4.69) is 10.2 Å². The maximum atomic E-state index is 10.7. The summed E-state index contributed by atoms with van der Waals surface area (Å²) >= 11 is 1.60. The molecule has 2 aromatic rings. The number of nitrogens with zero attached hydrogens (tertiary/aromatic N) is 3. The van der Waals surface area contributed by atoms with Crippen molar-refractivity contribution in [3.63, 3.8) is 0 Å². The Hall–Kier alpha value is -1.82. The molecule has 0 bridgehead atoms. The Morgan fingerprint density at radius 2 is 2.12 bits per heavy atom. The third kappa shape index (κ3) is 2.85. The summed E-state index contributed by atoms with van der Waals surface area (Å²) in [6.07, 6.45) is 1.66. The number of carboxylic acids is 1. The second-order valence-corrected chi connectivity index (χ2v) is 4.53. The molecule has 6 heteroatoms. The zero-order chi connectivity index (χ0) is 12.3. The standard InChI is InChI=1S/C11H11N3O2S/c1-14-7-12-13-10(14)6-17-9-4-2-8(3-5-9)11(15)16/h2-5,7H,6H2,1H3,(H,15,16). The molecule has 0 aliphatic rings. The van der Waals surface area contributed by atoms with Crippen LogP contribution in [0.5, 0.6) is 0 Å². The van der Waals surface area contributed by atoms with Crippen LogP contribution in [0.15, 0.2) is 35.5 Å². The summed E-state index contributed by atoms with van der Waals surface area (Å²) in [6, 6.07) is 6.79. The summed E-state index contributed by atoms with van der Waals surface area (Å²) < 4.78 is 1.86. The number of carboxylic acid groups (broad SMARTS) is 1. The Balaban J connectivity index is 2.00. The van der Waals surface area contributed by atoms with E-state index in [1.807, 2.05) is 11.6 Å². The van der Waals surface area contributed by atoms with Gasteiger partial charge in [-0.1, -0.05) is 0 Å². The van der Waals surface area contributed by atoms with Crippen molar-refractivity contribution in [2.75, 3.05) is 0 Å². The molecular weight excluding hydrogens is 238 g/mol. The van der Waals surface area contributed by atoms with Gasteiger partial charge in [0.1, 0.15) is 12.2 Å². The molecule has 1 heterocycles. The number of carbonyl (C=O) groups is 1. The number of aromatic carboxylic acids is 1. The van der Waals surface area contributed by atoms with Crippen LogP contribution in [0.1, 0.15) is 16.2 Å². The zero-order valence-electron chi connectivity index (χ0n) is 9.20. The Morgan fingerprint density at radius 3 is 2.65 bits per heavy atom. The normalized spacial score (nSPS) is 10.4. The molecule has 1 aromatic carbocycles. The van der Waals surface area contributed by atoms with Gasteiger partial charge in [0.15, 0.2) is 0 Å². The van der Waals surface area contributed by atoms with Gasteiger partial charge < -0.3 is 9.67 Å². The Labute approximate surface area is 102 Å². The molecule has 1 N–H and O–H groups in total. The number of rotatable bonds is 4. The fourth-order valence-corrected chi connectivity index (χ4v) is 2.17. The molecule has 2 rings (SSSR count). The van der Waals surface area contributed by atoms with Crippen molar-refractivity contribution >= 4 is 17.7 Å². The van der Waals surface area contributed by atoms with Crippen LogP contribution >= 0.6 is 11.8 Å². The maximum absolute atomic E-state index is 10.7. The van der Waals surface area contributed by atoms with E-state index in [-0.39, 0.29) is 0 Å². The van der Waals surface area contributed by atoms with Crippen molar-refractivity contribution in [1.82, 2.24) is 14.8 Å². The SMILES string of the molecule is Cn1cnnc1CSc1ccc(C(=O)O)cc1. The smallest absolute Gasteiger partial charge is 0.335 e. The molecule has 0 aliphatic carbocycles. The van der Waals surface area contributed by atoms with E-state index < -0.39 is 5.97 Å². The zero-order valence-corrected chi connectivity index (χ0v) is 10.0. The van der Waals surface area contributed by atoms with Crippen LogP contribution in [0.25, 0.3) is 0 Å². The first-order valence-electron chi connectivity index (χ1n) is 4.96. The summed E-state index contributed by atoms with van der Waals surface area (Å²) in [5.74, 6) is 0.690. The number of thioether (sulfide) groups is 1. The van der Waals surface area contributed by atoms with Gasteiger partial charge in [-0.3, -0.25) is 0 Å². The highest BCUT2D eigenvalue weighted by Gasteiger charge is 2.04. The van der Waals surface area contributed by atoms with Crippen LogP contribution in [0.4, 0.5) is 0 Å². The van der Waals surface area contributed by atoms with Gasteiger partial charge >= 0.3 is 5.97 Å². The third-order valence-corrected chi connectivity index (χ3v) is 3.28. The maximum Gasteiger partial charge on any atom is 0.335 e. The third-order valence-electron chi connectivity index (χ3n) is 2.27. The first-order valence-corrected chi connectivity index (χ1v) is 5.94. The van der Waals surface area contributed by atoms with Gasteiger partial charge in [0.25, 0.3) is 0 Å². The van der Waals surface area contributed by atoms with Crippen LogP contribution in [0.2, 0.25) is 0 Å². The van der Waals surface area contributed by atoms with E-state index in [0.717, 1.165) is 10.7 Å². The van der Waals surface area contributed by atoms with Crippen LogP contribution in [-0.4, -0.2) is 25.8 Å². The van der Waals surface area contributed by atoms with Crippen molar-refractivity contribution in [3.05, 3.63) is 42.0 Å². The van der Waals surface area contributed by atoms with Crippen molar-refractivity contribution in [1.29, 1.82) is 0 Å². The minimum atomic E-state index is -0.908. The number of aromatic nitrogens is 3. The molecule has 0 radical (unpaired) electrons. The topological polar surface area (TPSA) is 68.0 Å². The lowest BCUT2D eigenvalue weighted by atomic mass is 10.2. The number of benzene rings is 1. The average molecular weight is 249 g/mol. The van der Waals surface area contributed by atoms with Crippen LogP contribution in [-0.2, 0) is 12.8 Å². The van der Waals surface area contributed by atoms with Gasteiger partial charge in [-0.25, -0.2) is 4.79 Å². The summed E-state index contributed by atoms with van der Waals surface area (Å²) in [6.45, 7) is 0. The number of hydrogen-bond donors (Lipinski definition) is 1. The van der Waals surface area contributed by atoms with Gasteiger partial charge in [0.05, 0.1) is 11.3 Å². The largest absolute Gasteiger partial charge is 0.478 e. The number of hydrogen-bond acceptors (Lipinski definition) is 4. The molecule has 0 saturated carbocycles. The quantitative estimate of drug-likeness (QED) is 0.837. The predicted molar refractivity (Wildman–Crippen MR) is 64.0 cm³/mol. The molecule has 0 fully saturated rings. The lowest BCUT2D eigenvalue weighted by Crippen LogP contribution is -1.96. The molecule has 0 aliphatic heterocycles. The fraction of sp³-hybridized carbons (Fsp3) is 0.182. The van der Waals surface area contributed by atoms with Gasteiger partial charge in [0.2, 0.25) is 0 Å². The summed E-state index contributed by atoms with van der Waals surface area (Å²) in [5.41, 5.74) is 0.299. The van der Waals surface area contributed by atoms with E-state index in [1.54, 1.807) is 42.4 Å². The molecule has 0 unspecified atom stereocenters. The summed E-state index contributed by atoms with van der Waals surface area (Å²) in [7, 11) is 1.89. The molecule has 1 aromatic heterocycles. The van der Waals surface area contributed by atoms with Crippen LogP contribution in [0.3, 0.4) is 0 Å². The van der Waals surface area contributed by atoms with E-state index in [1.165, 1.54) is 0 Å². The minimum absolute atomic E-state index is 0.299. The Bertz CT molecular complexity index is 522. The lowest BCUT2D eigenvalue weighted by molar-refractivity contribution is 0.0697. The number of aryl methyl sites for hydroxylation is 1. The van der Waals surface area contributed by atoms with E-state index in [0.29, 0.717) is 11.3 Å². The molecule has 0 saturated heterocycles. The monoisotopic (exact) mass is 249 g/mol. The Kier molecular flexibility index (Phi) is 3.43. The predicted octanol–water partition coefficient (Wildman–Crippen LogP) is 1.81. The molecule has 0 amide bonds. The first kappa shape index (κ1) is 11.7. The lowest BCUT2D eigenvalue weighted by Gasteiger charge is -2.01. The van der Waals surface area contributed by atoms with Gasteiger partial charge in [-0.05, 0) is 24.3 Å². The summed E-state index contributed by atoms with van der Waals surface area (Å²) in [4.78, 5) is 11.7. The van der Waals surface area contributed by atoms with Crippen molar-refractivity contribution < 1.29 is 9.90 Å². The average Bonchev–Trinajstić information content (AvgIpc) is 2.73. The van der Waals surface area contributed by atoms with Crippen molar-refractivity contribution in [2.24, 2.45) is 7.05 Å². The molecule has 17 heavy (non-hydrogen) atoms. The van der Waals surface area contributed by atoms with Crippen molar-refractivity contribution in [2.45, 2.75) is 10.6 Å². The molecular formula is C11H11N3O2S. The molecule has 0 atom stereocenters. The van der Waals surface area contributed by atoms with Crippen LogP contribution in [0, 0.1) is 0 Å². The minimum Gasteiger partial charge on any atom is -0.478 e. The highest BCUT2D eigenvalue weighted by molar-refractivity contribution is 7.98.